The van der Waals surface area contributed by atoms with Gasteiger partial charge >= 0.3 is 0 Å². The fourth-order valence-electron chi connectivity index (χ4n) is 2.26. The number of fused-ring (bicyclic) bond motifs is 1. The van der Waals surface area contributed by atoms with Crippen molar-refractivity contribution in [3.63, 3.8) is 0 Å². The summed E-state index contributed by atoms with van der Waals surface area (Å²) in [6.07, 6.45) is 1.94. The Hall–Kier alpha value is -2.25. The Bertz CT molecular complexity index is 799. The summed E-state index contributed by atoms with van der Waals surface area (Å²) in [4.78, 5) is 3.20. The lowest BCUT2D eigenvalue weighted by Crippen LogP contribution is -2.01. The van der Waals surface area contributed by atoms with Gasteiger partial charge in [0.1, 0.15) is 6.07 Å². The highest BCUT2D eigenvalue weighted by Gasteiger charge is 2.05. The molecule has 0 aliphatic heterocycles. The van der Waals surface area contributed by atoms with Gasteiger partial charge in [0.25, 0.3) is 0 Å². The second-order valence-electron chi connectivity index (χ2n) is 4.51. The molecule has 0 saturated heterocycles. The Kier molecular flexibility index (Phi) is 3.44. The van der Waals surface area contributed by atoms with Crippen molar-refractivity contribution in [2.24, 2.45) is 0 Å². The molecule has 0 saturated carbocycles. The van der Waals surface area contributed by atoms with Crippen molar-refractivity contribution in [1.82, 2.24) is 4.98 Å². The maximum absolute atomic E-state index is 9.16. The summed E-state index contributed by atoms with van der Waals surface area (Å²) in [6, 6.07) is 16.1. The summed E-state index contributed by atoms with van der Waals surface area (Å²) < 4.78 is 0.910. The number of aromatic nitrogens is 1. The highest BCUT2D eigenvalue weighted by molar-refractivity contribution is 9.10. The lowest BCUT2D eigenvalue weighted by Gasteiger charge is -2.09. The first-order valence-corrected chi connectivity index (χ1v) is 7.06. The molecule has 2 aromatic carbocycles. The first-order chi connectivity index (χ1) is 9.78. The minimum Gasteiger partial charge on any atom is -0.380 e. The molecule has 0 aliphatic carbocycles. The molecule has 0 radical (unpaired) electrons. The van der Waals surface area contributed by atoms with E-state index in [2.05, 4.69) is 50.5 Å². The summed E-state index contributed by atoms with van der Waals surface area (Å²) in [5, 5.41) is 13.7. The average Bonchev–Trinajstić information content (AvgIpc) is 2.94. The molecular weight excluding hydrogens is 314 g/mol. The highest BCUT2D eigenvalue weighted by atomic mass is 79.9. The van der Waals surface area contributed by atoms with Gasteiger partial charge in [-0.1, -0.05) is 28.1 Å². The van der Waals surface area contributed by atoms with Crippen molar-refractivity contribution in [2.75, 3.05) is 5.32 Å². The Morgan fingerprint density at radius 3 is 2.95 bits per heavy atom. The van der Waals surface area contributed by atoms with Crippen LogP contribution >= 0.6 is 15.9 Å². The zero-order valence-electron chi connectivity index (χ0n) is 10.7. The quantitative estimate of drug-likeness (QED) is 0.749. The normalized spacial score (nSPS) is 10.4. The van der Waals surface area contributed by atoms with Crippen molar-refractivity contribution < 1.29 is 0 Å². The number of aromatic amines is 1. The van der Waals surface area contributed by atoms with Gasteiger partial charge in [-0.2, -0.15) is 5.26 Å². The van der Waals surface area contributed by atoms with Gasteiger partial charge in [0.2, 0.25) is 0 Å². The van der Waals surface area contributed by atoms with Gasteiger partial charge < -0.3 is 10.3 Å². The summed E-state index contributed by atoms with van der Waals surface area (Å²) in [7, 11) is 0. The second kappa shape index (κ2) is 5.40. The first-order valence-electron chi connectivity index (χ1n) is 6.26. The predicted octanol–water partition coefficient (Wildman–Crippen LogP) is 4.41. The molecule has 0 bridgehead atoms. The zero-order valence-corrected chi connectivity index (χ0v) is 12.2. The number of nitriles is 1. The Morgan fingerprint density at radius 2 is 2.10 bits per heavy atom. The van der Waals surface area contributed by atoms with E-state index in [4.69, 9.17) is 5.26 Å². The molecule has 3 nitrogen and oxygen atoms in total. The van der Waals surface area contributed by atoms with Crippen molar-refractivity contribution in [3.8, 4) is 6.07 Å². The van der Waals surface area contributed by atoms with Crippen LogP contribution in [0.4, 0.5) is 5.69 Å². The molecule has 0 atom stereocenters. The van der Waals surface area contributed by atoms with Gasteiger partial charge in [-0.25, -0.2) is 0 Å². The van der Waals surface area contributed by atoms with Crippen molar-refractivity contribution in [2.45, 2.75) is 6.54 Å². The topological polar surface area (TPSA) is 51.6 Å². The molecule has 98 valence electrons. The molecule has 1 aromatic heterocycles. The molecule has 20 heavy (non-hydrogen) atoms. The lowest BCUT2D eigenvalue weighted by atomic mass is 10.1. The highest BCUT2D eigenvalue weighted by Crippen LogP contribution is 2.23. The summed E-state index contributed by atoms with van der Waals surface area (Å²) in [5.74, 6) is 0. The van der Waals surface area contributed by atoms with E-state index in [1.807, 2.05) is 30.5 Å². The van der Waals surface area contributed by atoms with Crippen LogP contribution in [0.3, 0.4) is 0 Å². The van der Waals surface area contributed by atoms with Crippen molar-refractivity contribution in [3.05, 3.63) is 64.3 Å². The molecule has 4 heteroatoms. The largest absolute Gasteiger partial charge is 0.380 e. The van der Waals surface area contributed by atoms with Crippen LogP contribution in [-0.4, -0.2) is 4.98 Å². The molecule has 0 amide bonds. The number of anilines is 1. The molecule has 3 aromatic rings. The standard InChI is InChI=1S/C16H12BrN3/c17-13-4-5-15(12(8-13)9-18)20-10-11-2-1-3-16-14(11)6-7-19-16/h1-8,19-20H,10H2. The average molecular weight is 326 g/mol. The number of benzene rings is 2. The number of hydrogen-bond acceptors (Lipinski definition) is 2. The minimum absolute atomic E-state index is 0.639. The van der Waals surface area contributed by atoms with Crippen molar-refractivity contribution in [1.29, 1.82) is 5.26 Å². The predicted molar refractivity (Wildman–Crippen MR) is 84.5 cm³/mol. The third-order valence-electron chi connectivity index (χ3n) is 3.26. The van der Waals surface area contributed by atoms with Gasteiger partial charge in [0.15, 0.2) is 0 Å². The molecule has 1 heterocycles. The molecule has 0 aliphatic rings. The molecule has 2 N–H and O–H groups in total. The Morgan fingerprint density at radius 1 is 1.20 bits per heavy atom. The number of hydrogen-bond donors (Lipinski definition) is 2. The molecular formula is C16H12BrN3. The number of nitrogens with zero attached hydrogens (tertiary/aromatic N) is 1. The van der Waals surface area contributed by atoms with Gasteiger partial charge in [0.05, 0.1) is 11.3 Å². The van der Waals surface area contributed by atoms with Gasteiger partial charge in [-0.05, 0) is 35.9 Å². The van der Waals surface area contributed by atoms with Crippen LogP contribution in [0.2, 0.25) is 0 Å². The van der Waals surface area contributed by atoms with Gasteiger partial charge in [-0.15, -0.1) is 0 Å². The molecule has 0 unspecified atom stereocenters. The first kappa shape index (κ1) is 12.8. The van der Waals surface area contributed by atoms with E-state index in [0.29, 0.717) is 12.1 Å². The van der Waals surface area contributed by atoms with E-state index in [0.717, 1.165) is 15.7 Å². The molecule has 0 spiro atoms. The smallest absolute Gasteiger partial charge is 0.101 e. The number of halogens is 1. The zero-order chi connectivity index (χ0) is 13.9. The maximum atomic E-state index is 9.16. The summed E-state index contributed by atoms with van der Waals surface area (Å²) in [5.41, 5.74) is 3.82. The van der Waals surface area contributed by atoms with E-state index in [1.165, 1.54) is 10.9 Å². The fourth-order valence-corrected chi connectivity index (χ4v) is 2.62. The summed E-state index contributed by atoms with van der Waals surface area (Å²) >= 11 is 3.38. The van der Waals surface area contributed by atoms with E-state index in [1.54, 1.807) is 0 Å². The third-order valence-corrected chi connectivity index (χ3v) is 3.75. The minimum atomic E-state index is 0.639. The SMILES string of the molecule is N#Cc1cc(Br)ccc1NCc1cccc2[nH]ccc12. The Labute approximate surface area is 125 Å². The monoisotopic (exact) mass is 325 g/mol. The lowest BCUT2D eigenvalue weighted by molar-refractivity contribution is 1.16. The third kappa shape index (κ3) is 2.40. The second-order valence-corrected chi connectivity index (χ2v) is 5.43. The van der Waals surface area contributed by atoms with Crippen LogP contribution in [0, 0.1) is 11.3 Å². The van der Waals surface area contributed by atoms with Gasteiger partial charge in [0, 0.05) is 28.1 Å². The van der Waals surface area contributed by atoms with E-state index in [-0.39, 0.29) is 0 Å². The summed E-state index contributed by atoms with van der Waals surface area (Å²) in [6.45, 7) is 0.686. The van der Waals surface area contributed by atoms with E-state index >= 15 is 0 Å². The van der Waals surface area contributed by atoms with Crippen LogP contribution < -0.4 is 5.32 Å². The number of H-pyrrole nitrogens is 1. The maximum Gasteiger partial charge on any atom is 0.101 e. The van der Waals surface area contributed by atoms with Crippen LogP contribution in [-0.2, 0) is 6.54 Å². The van der Waals surface area contributed by atoms with Gasteiger partial charge in [-0.3, -0.25) is 0 Å². The van der Waals surface area contributed by atoms with Crippen LogP contribution in [0.25, 0.3) is 10.9 Å². The molecule has 0 fully saturated rings. The van der Waals surface area contributed by atoms with Crippen LogP contribution in [0.15, 0.2) is 53.1 Å². The Balaban J connectivity index is 1.87. The van der Waals surface area contributed by atoms with E-state index < -0.39 is 0 Å². The fraction of sp³-hybridized carbons (Fsp3) is 0.0625. The van der Waals surface area contributed by atoms with Crippen molar-refractivity contribution >= 4 is 32.5 Å². The van der Waals surface area contributed by atoms with Crippen LogP contribution in [0.5, 0.6) is 0 Å². The number of nitrogens with one attached hydrogen (secondary N) is 2. The van der Waals surface area contributed by atoms with Crippen LogP contribution in [0.1, 0.15) is 11.1 Å². The molecule has 3 rings (SSSR count). The van der Waals surface area contributed by atoms with E-state index in [9.17, 15) is 0 Å². The number of rotatable bonds is 3.